The summed E-state index contributed by atoms with van der Waals surface area (Å²) in [7, 11) is 1.51. The fraction of sp³-hybridized carbons (Fsp3) is 0.357. The predicted molar refractivity (Wildman–Crippen MR) is 144 cm³/mol. The third-order valence-corrected chi connectivity index (χ3v) is 7.47. The van der Waals surface area contributed by atoms with E-state index in [0.29, 0.717) is 43.0 Å². The zero-order chi connectivity index (χ0) is 29.1. The highest BCUT2D eigenvalue weighted by Gasteiger charge is 2.43. The SMILES string of the molecule is COC1(C(=O)N[C@@H](C)c2ccc(-n3cc(F)cn3)nc2)CCC(c2nc(Nc3cc(C)[nH]n3)c(F)cc2C#N)CC1. The normalized spacial score (nSPS) is 19.4. The third-order valence-electron chi connectivity index (χ3n) is 7.47. The molecule has 1 saturated carbocycles. The fourth-order valence-corrected chi connectivity index (χ4v) is 5.10. The number of nitrogens with zero attached hydrogens (tertiary/aromatic N) is 6. The number of ether oxygens (including phenoxy) is 1. The second-order valence-electron chi connectivity index (χ2n) is 10.1. The van der Waals surface area contributed by atoms with Gasteiger partial charge in [-0.05, 0) is 57.2 Å². The number of H-pyrrole nitrogens is 1. The Hall–Kier alpha value is -4.70. The van der Waals surface area contributed by atoms with Crippen LogP contribution in [-0.4, -0.2) is 48.6 Å². The Labute approximate surface area is 235 Å². The number of aromatic amines is 1. The van der Waals surface area contributed by atoms with E-state index in [0.717, 1.165) is 17.5 Å². The number of methoxy groups -OCH3 is 1. The number of anilines is 2. The maximum Gasteiger partial charge on any atom is 0.252 e. The number of aromatic nitrogens is 6. The summed E-state index contributed by atoms with van der Waals surface area (Å²) < 4.78 is 35.1. The van der Waals surface area contributed by atoms with Gasteiger partial charge in [-0.3, -0.25) is 9.89 Å². The molecule has 1 atom stereocenters. The van der Waals surface area contributed by atoms with Crippen LogP contribution in [0.2, 0.25) is 0 Å². The molecule has 3 N–H and O–H groups in total. The molecule has 1 amide bonds. The molecule has 4 aromatic rings. The van der Waals surface area contributed by atoms with E-state index < -0.39 is 17.2 Å². The van der Waals surface area contributed by atoms with E-state index in [1.54, 1.807) is 24.4 Å². The molecule has 11 nitrogen and oxygen atoms in total. The van der Waals surface area contributed by atoms with E-state index in [1.165, 1.54) is 24.1 Å². The van der Waals surface area contributed by atoms with Gasteiger partial charge in [0.05, 0.1) is 29.7 Å². The molecule has 4 aromatic heterocycles. The van der Waals surface area contributed by atoms with Crippen molar-refractivity contribution in [3.63, 3.8) is 0 Å². The summed E-state index contributed by atoms with van der Waals surface area (Å²) in [5, 5.41) is 26.3. The smallest absolute Gasteiger partial charge is 0.252 e. The largest absolute Gasteiger partial charge is 0.368 e. The minimum atomic E-state index is -1.06. The van der Waals surface area contributed by atoms with Crippen LogP contribution in [0.5, 0.6) is 0 Å². The summed E-state index contributed by atoms with van der Waals surface area (Å²) in [4.78, 5) is 22.2. The van der Waals surface area contributed by atoms with Gasteiger partial charge in [0, 0.05) is 31.0 Å². The van der Waals surface area contributed by atoms with E-state index in [1.807, 2.05) is 13.8 Å². The van der Waals surface area contributed by atoms with Crippen molar-refractivity contribution >= 4 is 17.5 Å². The lowest BCUT2D eigenvalue weighted by atomic mass is 9.76. The van der Waals surface area contributed by atoms with Crippen LogP contribution in [0.15, 0.2) is 42.9 Å². The summed E-state index contributed by atoms with van der Waals surface area (Å²) in [5.41, 5.74) is 1.14. The summed E-state index contributed by atoms with van der Waals surface area (Å²) >= 11 is 0. The van der Waals surface area contributed by atoms with Crippen molar-refractivity contribution in [2.45, 2.75) is 57.1 Å². The van der Waals surface area contributed by atoms with Crippen molar-refractivity contribution in [2.24, 2.45) is 0 Å². The average Bonchev–Trinajstić information content (AvgIpc) is 3.61. The van der Waals surface area contributed by atoms with E-state index in [9.17, 15) is 18.8 Å². The zero-order valence-corrected chi connectivity index (χ0v) is 22.8. The van der Waals surface area contributed by atoms with Crippen LogP contribution >= 0.6 is 0 Å². The monoisotopic (exact) mass is 561 g/mol. The van der Waals surface area contributed by atoms with Gasteiger partial charge >= 0.3 is 0 Å². The van der Waals surface area contributed by atoms with Crippen molar-refractivity contribution < 1.29 is 18.3 Å². The third kappa shape index (κ3) is 5.78. The average molecular weight is 562 g/mol. The molecule has 0 bridgehead atoms. The topological polar surface area (TPSA) is 146 Å². The molecule has 0 radical (unpaired) electrons. The Kier molecular flexibility index (Phi) is 7.76. The van der Waals surface area contributed by atoms with Crippen molar-refractivity contribution in [1.29, 1.82) is 5.26 Å². The molecule has 1 fully saturated rings. The van der Waals surface area contributed by atoms with Crippen molar-refractivity contribution in [3.8, 4) is 11.9 Å². The minimum absolute atomic E-state index is 0.0158. The maximum atomic E-state index is 14.7. The predicted octanol–water partition coefficient (Wildman–Crippen LogP) is 4.51. The minimum Gasteiger partial charge on any atom is -0.368 e. The Morgan fingerprint density at radius 1 is 1.27 bits per heavy atom. The van der Waals surface area contributed by atoms with Gasteiger partial charge in [0.2, 0.25) is 0 Å². The number of carbonyl (C=O) groups is 1. The Morgan fingerprint density at radius 3 is 2.63 bits per heavy atom. The molecule has 0 aromatic carbocycles. The van der Waals surface area contributed by atoms with E-state index in [-0.39, 0.29) is 29.2 Å². The zero-order valence-electron chi connectivity index (χ0n) is 22.8. The van der Waals surface area contributed by atoms with E-state index >= 15 is 0 Å². The fourth-order valence-electron chi connectivity index (χ4n) is 5.10. The van der Waals surface area contributed by atoms with Gasteiger partial charge in [0.15, 0.2) is 29.1 Å². The number of nitrogens with one attached hydrogen (secondary N) is 3. The number of hydrogen-bond donors (Lipinski definition) is 3. The lowest BCUT2D eigenvalue weighted by Crippen LogP contribution is -2.50. The first-order valence-corrected chi connectivity index (χ1v) is 13.1. The molecule has 212 valence electrons. The van der Waals surface area contributed by atoms with Crippen LogP contribution < -0.4 is 10.6 Å². The number of halogens is 2. The van der Waals surface area contributed by atoms with Gasteiger partial charge in [0.1, 0.15) is 11.7 Å². The molecule has 0 saturated heterocycles. The first-order chi connectivity index (χ1) is 19.7. The van der Waals surface area contributed by atoms with Crippen LogP contribution in [0.4, 0.5) is 20.4 Å². The molecule has 5 rings (SSSR count). The Balaban J connectivity index is 1.26. The Morgan fingerprint density at radius 2 is 2.05 bits per heavy atom. The molecule has 1 aliphatic carbocycles. The van der Waals surface area contributed by atoms with Crippen molar-refractivity contribution in [1.82, 2.24) is 35.3 Å². The number of nitriles is 1. The highest BCUT2D eigenvalue weighted by Crippen LogP contribution is 2.41. The molecule has 1 aliphatic rings. The molecule has 4 heterocycles. The van der Waals surface area contributed by atoms with Crippen LogP contribution in [0, 0.1) is 29.9 Å². The molecule has 41 heavy (non-hydrogen) atoms. The molecule has 0 spiro atoms. The second-order valence-corrected chi connectivity index (χ2v) is 10.1. The molecular weight excluding hydrogens is 532 g/mol. The highest BCUT2D eigenvalue weighted by molar-refractivity contribution is 5.85. The standard InChI is InChI=1S/C28H29F2N9O2/c1-16-10-23(38-37-16)35-26-22(30)11-20(12-31)25(36-26)18-6-8-28(41-3,9-7-18)27(40)34-17(2)19-4-5-24(32-13-19)39-15-21(29)14-33-39/h4-5,10-11,13-15,17-18H,6-9H2,1-3H3,(H,34,40)(H2,35,36,37,38)/t17-,18?,28?/m0/s1. The number of hydrogen-bond acceptors (Lipinski definition) is 8. The Bertz CT molecular complexity index is 1580. The van der Waals surface area contributed by atoms with Crippen LogP contribution in [0.1, 0.15) is 67.1 Å². The lowest BCUT2D eigenvalue weighted by molar-refractivity contribution is -0.148. The maximum absolute atomic E-state index is 14.7. The van der Waals surface area contributed by atoms with Gasteiger partial charge in [-0.25, -0.2) is 23.4 Å². The van der Waals surface area contributed by atoms with Gasteiger partial charge in [-0.2, -0.15) is 15.5 Å². The van der Waals surface area contributed by atoms with Gasteiger partial charge < -0.3 is 15.4 Å². The quantitative estimate of drug-likeness (QED) is 0.285. The second kappa shape index (κ2) is 11.4. The molecular formula is C28H29F2N9O2. The van der Waals surface area contributed by atoms with Gasteiger partial charge in [-0.15, -0.1) is 0 Å². The summed E-state index contributed by atoms with van der Waals surface area (Å²) in [6.45, 7) is 3.67. The van der Waals surface area contributed by atoms with Gasteiger partial charge in [-0.1, -0.05) is 6.07 Å². The van der Waals surface area contributed by atoms with Gasteiger partial charge in [0.25, 0.3) is 5.91 Å². The van der Waals surface area contributed by atoms with Crippen molar-refractivity contribution in [3.05, 3.63) is 77.0 Å². The molecule has 0 aliphatic heterocycles. The summed E-state index contributed by atoms with van der Waals surface area (Å²) in [6.07, 6.45) is 5.74. The number of rotatable bonds is 8. The number of pyridine rings is 2. The first kappa shape index (κ1) is 27.9. The number of aryl methyl sites for hydroxylation is 1. The molecule has 13 heteroatoms. The van der Waals surface area contributed by atoms with Crippen molar-refractivity contribution in [2.75, 3.05) is 12.4 Å². The van der Waals surface area contributed by atoms with Crippen LogP contribution in [0.3, 0.4) is 0 Å². The van der Waals surface area contributed by atoms with E-state index in [2.05, 4.69) is 42.0 Å². The molecule has 0 unspecified atom stereocenters. The highest BCUT2D eigenvalue weighted by atomic mass is 19.1. The van der Waals surface area contributed by atoms with Crippen LogP contribution in [-0.2, 0) is 9.53 Å². The van der Waals surface area contributed by atoms with E-state index in [4.69, 9.17) is 4.74 Å². The summed E-state index contributed by atoms with van der Waals surface area (Å²) in [6, 6.07) is 8.07. The van der Waals surface area contributed by atoms with Crippen LogP contribution in [0.25, 0.3) is 5.82 Å². The summed E-state index contributed by atoms with van der Waals surface area (Å²) in [5.74, 6) is -0.684. The lowest BCUT2D eigenvalue weighted by Gasteiger charge is -2.38. The first-order valence-electron chi connectivity index (χ1n) is 13.1. The number of carbonyl (C=O) groups excluding carboxylic acids is 1. The number of amides is 1.